The summed E-state index contributed by atoms with van der Waals surface area (Å²) < 4.78 is 1.21. The first-order chi connectivity index (χ1) is 8.29. The number of halogens is 1. The number of hydrogen-bond donors (Lipinski definition) is 2. The minimum atomic E-state index is 0.567. The fourth-order valence-electron chi connectivity index (χ4n) is 1.41. The Balaban J connectivity index is 2.23. The number of nitrogens with zero attached hydrogens (tertiary/aromatic N) is 2. The summed E-state index contributed by atoms with van der Waals surface area (Å²) in [7, 11) is 0. The second-order valence-corrected chi connectivity index (χ2v) is 4.73. The molecule has 2 aromatic rings. The van der Waals surface area contributed by atoms with E-state index in [1.807, 2.05) is 6.07 Å². The first-order valence-corrected chi connectivity index (χ1v) is 6.40. The van der Waals surface area contributed by atoms with E-state index in [0.29, 0.717) is 19.0 Å². The lowest BCUT2D eigenvalue weighted by molar-refractivity contribution is 0.990. The molecule has 0 aliphatic carbocycles. The molecule has 0 amide bonds. The van der Waals surface area contributed by atoms with E-state index in [2.05, 4.69) is 62.1 Å². The number of rotatable bonds is 4. The molecular weight excluding hydrogens is 327 g/mol. The molecule has 88 valence electrons. The lowest BCUT2D eigenvalue weighted by atomic mass is 10.1. The van der Waals surface area contributed by atoms with E-state index in [9.17, 15) is 0 Å². The standard InChI is InChI=1S/C12H13IN4/c13-10-3-1-9(2-4-10)11-5-7-15-12(17-11)16-8-6-14/h1-5,7H,6,8,14H2,(H,15,16,17). The van der Waals surface area contributed by atoms with Gasteiger partial charge in [0.15, 0.2) is 0 Å². The Labute approximate surface area is 114 Å². The fourth-order valence-corrected chi connectivity index (χ4v) is 1.77. The van der Waals surface area contributed by atoms with Crippen LogP contribution in [0, 0.1) is 3.57 Å². The Bertz CT molecular complexity index is 484. The van der Waals surface area contributed by atoms with Gasteiger partial charge in [-0.1, -0.05) is 12.1 Å². The van der Waals surface area contributed by atoms with Gasteiger partial charge in [-0.15, -0.1) is 0 Å². The molecule has 0 atom stereocenters. The molecule has 0 aliphatic rings. The number of nitrogens with two attached hydrogens (primary N) is 1. The summed E-state index contributed by atoms with van der Waals surface area (Å²) in [5, 5.41) is 3.07. The molecule has 0 saturated carbocycles. The van der Waals surface area contributed by atoms with Gasteiger partial charge >= 0.3 is 0 Å². The summed E-state index contributed by atoms with van der Waals surface area (Å²) in [6.45, 7) is 1.24. The van der Waals surface area contributed by atoms with E-state index in [-0.39, 0.29) is 0 Å². The summed E-state index contributed by atoms with van der Waals surface area (Å²) in [4.78, 5) is 8.57. The zero-order valence-electron chi connectivity index (χ0n) is 9.23. The van der Waals surface area contributed by atoms with Gasteiger partial charge in [-0.2, -0.15) is 0 Å². The van der Waals surface area contributed by atoms with Crippen LogP contribution in [0.2, 0.25) is 0 Å². The van der Waals surface area contributed by atoms with Crippen molar-refractivity contribution < 1.29 is 0 Å². The number of nitrogens with one attached hydrogen (secondary N) is 1. The minimum Gasteiger partial charge on any atom is -0.353 e. The van der Waals surface area contributed by atoms with Crippen LogP contribution in [0.25, 0.3) is 11.3 Å². The molecule has 0 aliphatic heterocycles. The van der Waals surface area contributed by atoms with Gasteiger partial charge < -0.3 is 11.1 Å². The molecule has 0 radical (unpaired) electrons. The smallest absolute Gasteiger partial charge is 0.223 e. The topological polar surface area (TPSA) is 63.8 Å². The highest BCUT2D eigenvalue weighted by molar-refractivity contribution is 14.1. The van der Waals surface area contributed by atoms with Gasteiger partial charge in [0.2, 0.25) is 5.95 Å². The SMILES string of the molecule is NCCNc1nccc(-c2ccc(I)cc2)n1. The maximum Gasteiger partial charge on any atom is 0.223 e. The summed E-state index contributed by atoms with van der Waals surface area (Å²) in [5.74, 6) is 0.617. The van der Waals surface area contributed by atoms with Gasteiger partial charge in [0, 0.05) is 28.4 Å². The van der Waals surface area contributed by atoms with Crippen molar-refractivity contribution in [1.82, 2.24) is 9.97 Å². The van der Waals surface area contributed by atoms with Crippen molar-refractivity contribution in [2.75, 3.05) is 18.4 Å². The summed E-state index contributed by atoms with van der Waals surface area (Å²) >= 11 is 2.28. The average Bonchev–Trinajstić information content (AvgIpc) is 2.37. The molecule has 1 heterocycles. The minimum absolute atomic E-state index is 0.567. The first kappa shape index (κ1) is 12.3. The third-order valence-electron chi connectivity index (χ3n) is 2.22. The van der Waals surface area contributed by atoms with Crippen molar-refractivity contribution in [2.45, 2.75) is 0 Å². The van der Waals surface area contributed by atoms with E-state index >= 15 is 0 Å². The molecule has 1 aromatic carbocycles. The van der Waals surface area contributed by atoms with E-state index < -0.39 is 0 Å². The van der Waals surface area contributed by atoms with Crippen LogP contribution in [0.5, 0.6) is 0 Å². The van der Waals surface area contributed by atoms with Crippen molar-refractivity contribution in [3.8, 4) is 11.3 Å². The van der Waals surface area contributed by atoms with E-state index in [4.69, 9.17) is 5.73 Å². The lowest BCUT2D eigenvalue weighted by Gasteiger charge is -2.05. The molecule has 0 saturated heterocycles. The highest BCUT2D eigenvalue weighted by atomic mass is 127. The third-order valence-corrected chi connectivity index (χ3v) is 2.94. The second kappa shape index (κ2) is 5.92. The molecule has 0 fully saturated rings. The summed E-state index contributed by atoms with van der Waals surface area (Å²) in [5.41, 5.74) is 7.42. The van der Waals surface area contributed by atoms with E-state index in [0.717, 1.165) is 11.3 Å². The fraction of sp³-hybridized carbons (Fsp3) is 0.167. The van der Waals surface area contributed by atoms with Crippen LogP contribution in [0.3, 0.4) is 0 Å². The van der Waals surface area contributed by atoms with Gasteiger partial charge in [-0.25, -0.2) is 9.97 Å². The van der Waals surface area contributed by atoms with Crippen LogP contribution in [0.1, 0.15) is 0 Å². The lowest BCUT2D eigenvalue weighted by Crippen LogP contribution is -2.14. The van der Waals surface area contributed by atoms with E-state index in [1.54, 1.807) is 6.20 Å². The van der Waals surface area contributed by atoms with Crippen LogP contribution < -0.4 is 11.1 Å². The van der Waals surface area contributed by atoms with Crippen molar-refractivity contribution in [2.24, 2.45) is 5.73 Å². The summed E-state index contributed by atoms with van der Waals surface area (Å²) in [6, 6.07) is 10.1. The maximum atomic E-state index is 5.42. The van der Waals surface area contributed by atoms with Gasteiger partial charge in [0.1, 0.15) is 0 Å². The van der Waals surface area contributed by atoms with Gasteiger partial charge in [0.25, 0.3) is 0 Å². The van der Waals surface area contributed by atoms with Crippen molar-refractivity contribution in [3.05, 3.63) is 40.1 Å². The zero-order valence-corrected chi connectivity index (χ0v) is 11.4. The van der Waals surface area contributed by atoms with Crippen LogP contribution in [0.4, 0.5) is 5.95 Å². The Morgan fingerprint density at radius 3 is 2.65 bits per heavy atom. The number of hydrogen-bond acceptors (Lipinski definition) is 4. The highest BCUT2D eigenvalue weighted by Crippen LogP contribution is 2.18. The molecule has 0 bridgehead atoms. The Morgan fingerprint density at radius 1 is 1.18 bits per heavy atom. The first-order valence-electron chi connectivity index (χ1n) is 5.32. The van der Waals surface area contributed by atoms with Crippen molar-refractivity contribution in [3.63, 3.8) is 0 Å². The average molecular weight is 340 g/mol. The normalized spacial score (nSPS) is 10.2. The van der Waals surface area contributed by atoms with Crippen LogP contribution >= 0.6 is 22.6 Å². The number of anilines is 1. The molecule has 4 nitrogen and oxygen atoms in total. The Hall–Kier alpha value is -1.21. The molecular formula is C12H13IN4. The van der Waals surface area contributed by atoms with Crippen LogP contribution in [0.15, 0.2) is 36.5 Å². The van der Waals surface area contributed by atoms with Crippen molar-refractivity contribution in [1.29, 1.82) is 0 Å². The van der Waals surface area contributed by atoms with Crippen LogP contribution in [-0.2, 0) is 0 Å². The van der Waals surface area contributed by atoms with Crippen LogP contribution in [-0.4, -0.2) is 23.1 Å². The molecule has 2 rings (SSSR count). The Morgan fingerprint density at radius 2 is 1.94 bits per heavy atom. The monoisotopic (exact) mass is 340 g/mol. The van der Waals surface area contributed by atoms with Gasteiger partial charge in [0.05, 0.1) is 5.69 Å². The van der Waals surface area contributed by atoms with Gasteiger partial charge in [-0.05, 0) is 40.8 Å². The quantitative estimate of drug-likeness (QED) is 0.837. The molecule has 1 aromatic heterocycles. The molecule has 5 heteroatoms. The number of benzene rings is 1. The molecule has 3 N–H and O–H groups in total. The van der Waals surface area contributed by atoms with E-state index in [1.165, 1.54) is 3.57 Å². The second-order valence-electron chi connectivity index (χ2n) is 3.49. The molecule has 0 unspecified atom stereocenters. The predicted octanol–water partition coefficient (Wildman–Crippen LogP) is 2.12. The Kier molecular flexibility index (Phi) is 4.27. The van der Waals surface area contributed by atoms with Crippen molar-refractivity contribution >= 4 is 28.5 Å². The number of aromatic nitrogens is 2. The zero-order chi connectivity index (χ0) is 12.1. The molecule has 0 spiro atoms. The largest absolute Gasteiger partial charge is 0.353 e. The summed E-state index contributed by atoms with van der Waals surface area (Å²) in [6.07, 6.45) is 1.75. The molecule has 17 heavy (non-hydrogen) atoms. The highest BCUT2D eigenvalue weighted by Gasteiger charge is 2.01. The third kappa shape index (κ3) is 3.37. The van der Waals surface area contributed by atoms with Gasteiger partial charge in [-0.3, -0.25) is 0 Å². The maximum absolute atomic E-state index is 5.42. The predicted molar refractivity (Wildman–Crippen MR) is 77.7 cm³/mol.